The zero-order chi connectivity index (χ0) is 9.59. The third-order valence-corrected chi connectivity index (χ3v) is 2.59. The summed E-state index contributed by atoms with van der Waals surface area (Å²) in [6.07, 6.45) is 2.07. The van der Waals surface area contributed by atoms with Crippen molar-refractivity contribution in [2.24, 2.45) is 0 Å². The van der Waals surface area contributed by atoms with Gasteiger partial charge in [-0.25, -0.2) is 0 Å². The molecule has 0 spiro atoms. The summed E-state index contributed by atoms with van der Waals surface area (Å²) in [5.74, 6) is -0.443. The van der Waals surface area contributed by atoms with Crippen molar-refractivity contribution in [2.75, 3.05) is 0 Å². The normalized spacial score (nSPS) is 33.4. The molecule has 0 aromatic carbocycles. The van der Waals surface area contributed by atoms with E-state index in [1.54, 1.807) is 6.92 Å². The maximum atomic E-state index is 11.4. The molecule has 70 valence electrons. The first kappa shape index (κ1) is 8.44. The van der Waals surface area contributed by atoms with Crippen LogP contribution in [0.15, 0.2) is 11.6 Å². The minimum Gasteiger partial charge on any atom is -0.393 e. The van der Waals surface area contributed by atoms with Gasteiger partial charge < -0.3 is 5.11 Å². The number of amides is 2. The van der Waals surface area contributed by atoms with Crippen molar-refractivity contribution < 1.29 is 14.7 Å². The Bertz CT molecular complexity index is 302. The lowest BCUT2D eigenvalue weighted by molar-refractivity contribution is -0.144. The highest BCUT2D eigenvalue weighted by Gasteiger charge is 2.40. The Labute approximate surface area is 75.8 Å². The molecule has 0 bridgehead atoms. The van der Waals surface area contributed by atoms with Gasteiger partial charge in [-0.05, 0) is 19.8 Å². The number of imide groups is 1. The number of nitrogens with zero attached hydrogens (tertiary/aromatic N) is 1. The van der Waals surface area contributed by atoms with Crippen LogP contribution in [0.25, 0.3) is 0 Å². The second kappa shape index (κ2) is 2.67. The van der Waals surface area contributed by atoms with Crippen molar-refractivity contribution in [2.45, 2.75) is 31.9 Å². The fourth-order valence-electron chi connectivity index (χ4n) is 1.72. The molecule has 0 unspecified atom stereocenters. The minimum atomic E-state index is -0.341. The van der Waals surface area contributed by atoms with E-state index in [2.05, 4.69) is 0 Å². The van der Waals surface area contributed by atoms with Crippen LogP contribution in [0.4, 0.5) is 0 Å². The first-order valence-corrected chi connectivity index (χ1v) is 4.33. The SMILES string of the molecule is CC1=CC(=O)N(C2CC(O)C2)C1=O. The number of aliphatic hydroxyl groups excluding tert-OH is 1. The Balaban J connectivity index is 2.10. The highest BCUT2D eigenvalue weighted by molar-refractivity contribution is 6.16. The average molecular weight is 181 g/mol. The Morgan fingerprint density at radius 2 is 2.08 bits per heavy atom. The second-order valence-corrected chi connectivity index (χ2v) is 3.62. The van der Waals surface area contributed by atoms with Gasteiger partial charge >= 0.3 is 0 Å². The Hall–Kier alpha value is -1.16. The number of hydrogen-bond acceptors (Lipinski definition) is 3. The molecule has 13 heavy (non-hydrogen) atoms. The molecule has 2 aliphatic rings. The molecule has 1 heterocycles. The molecule has 0 aromatic heterocycles. The van der Waals surface area contributed by atoms with Crippen LogP contribution in [-0.4, -0.2) is 34.0 Å². The third-order valence-electron chi connectivity index (χ3n) is 2.59. The third kappa shape index (κ3) is 1.18. The van der Waals surface area contributed by atoms with Crippen molar-refractivity contribution in [3.8, 4) is 0 Å². The van der Waals surface area contributed by atoms with Gasteiger partial charge in [0.1, 0.15) is 0 Å². The first-order chi connectivity index (χ1) is 6.09. The van der Waals surface area contributed by atoms with Crippen LogP contribution in [0.1, 0.15) is 19.8 Å². The van der Waals surface area contributed by atoms with Crippen LogP contribution in [-0.2, 0) is 9.59 Å². The van der Waals surface area contributed by atoms with E-state index >= 15 is 0 Å². The van der Waals surface area contributed by atoms with Gasteiger partial charge in [0.15, 0.2) is 0 Å². The lowest BCUT2D eigenvalue weighted by Gasteiger charge is -2.37. The summed E-state index contributed by atoms with van der Waals surface area (Å²) in [6, 6.07) is -0.0799. The monoisotopic (exact) mass is 181 g/mol. The van der Waals surface area contributed by atoms with Crippen molar-refractivity contribution >= 4 is 11.8 Å². The molecule has 1 saturated carbocycles. The Morgan fingerprint density at radius 3 is 2.46 bits per heavy atom. The van der Waals surface area contributed by atoms with Gasteiger partial charge in [0.2, 0.25) is 0 Å². The van der Waals surface area contributed by atoms with Crippen LogP contribution in [0.2, 0.25) is 0 Å². The molecule has 1 aliphatic carbocycles. The fraction of sp³-hybridized carbons (Fsp3) is 0.556. The summed E-state index contributed by atoms with van der Waals surface area (Å²) in [5, 5.41) is 9.05. The molecule has 2 rings (SSSR count). The highest BCUT2D eigenvalue weighted by Crippen LogP contribution is 2.29. The highest BCUT2D eigenvalue weighted by atomic mass is 16.3. The van der Waals surface area contributed by atoms with E-state index in [0.717, 1.165) is 0 Å². The van der Waals surface area contributed by atoms with E-state index < -0.39 is 0 Å². The first-order valence-electron chi connectivity index (χ1n) is 4.33. The number of carbonyl (C=O) groups is 2. The van der Waals surface area contributed by atoms with E-state index in [0.29, 0.717) is 18.4 Å². The van der Waals surface area contributed by atoms with E-state index in [4.69, 9.17) is 5.11 Å². The molecule has 4 heteroatoms. The van der Waals surface area contributed by atoms with E-state index in [9.17, 15) is 9.59 Å². The van der Waals surface area contributed by atoms with Gasteiger partial charge in [-0.15, -0.1) is 0 Å². The van der Waals surface area contributed by atoms with Gasteiger partial charge in [-0.3, -0.25) is 14.5 Å². The fourth-order valence-corrected chi connectivity index (χ4v) is 1.72. The quantitative estimate of drug-likeness (QED) is 0.571. The molecular weight excluding hydrogens is 170 g/mol. The number of hydrogen-bond donors (Lipinski definition) is 1. The lowest BCUT2D eigenvalue weighted by Crippen LogP contribution is -2.50. The van der Waals surface area contributed by atoms with E-state index in [1.807, 2.05) is 0 Å². The molecule has 0 radical (unpaired) electrons. The molecule has 0 atom stereocenters. The summed E-state index contributed by atoms with van der Waals surface area (Å²) < 4.78 is 0. The topological polar surface area (TPSA) is 57.6 Å². The number of carbonyl (C=O) groups excluding carboxylic acids is 2. The van der Waals surface area contributed by atoms with E-state index in [1.165, 1.54) is 11.0 Å². The molecule has 1 N–H and O–H groups in total. The summed E-state index contributed by atoms with van der Waals surface area (Å²) in [4.78, 5) is 23.9. The predicted molar refractivity (Wildman–Crippen MR) is 44.6 cm³/mol. The van der Waals surface area contributed by atoms with Gasteiger partial charge in [-0.1, -0.05) is 0 Å². The molecule has 0 saturated heterocycles. The van der Waals surface area contributed by atoms with Crippen molar-refractivity contribution in [1.29, 1.82) is 0 Å². The Morgan fingerprint density at radius 1 is 1.46 bits per heavy atom. The molecule has 0 aromatic rings. The van der Waals surface area contributed by atoms with E-state index in [-0.39, 0.29) is 24.0 Å². The van der Waals surface area contributed by atoms with Gasteiger partial charge in [0.25, 0.3) is 11.8 Å². The molecular formula is C9H11NO3. The van der Waals surface area contributed by atoms with Crippen LogP contribution in [0.5, 0.6) is 0 Å². The number of rotatable bonds is 1. The summed E-state index contributed by atoms with van der Waals surface area (Å²) in [5.41, 5.74) is 0.492. The lowest BCUT2D eigenvalue weighted by atomic mass is 9.88. The average Bonchev–Trinajstić information content (AvgIpc) is 2.22. The van der Waals surface area contributed by atoms with Crippen molar-refractivity contribution in [3.05, 3.63) is 11.6 Å². The molecule has 1 fully saturated rings. The Kier molecular flexibility index (Phi) is 1.73. The summed E-state index contributed by atoms with van der Waals surface area (Å²) in [7, 11) is 0. The standard InChI is InChI=1S/C9H11NO3/c1-5-2-8(12)10(9(5)13)6-3-7(11)4-6/h2,6-7,11H,3-4H2,1H3. The van der Waals surface area contributed by atoms with Crippen LogP contribution >= 0.6 is 0 Å². The summed E-state index contributed by atoms with van der Waals surface area (Å²) in [6.45, 7) is 1.63. The van der Waals surface area contributed by atoms with Crippen LogP contribution in [0, 0.1) is 0 Å². The van der Waals surface area contributed by atoms with Crippen LogP contribution in [0.3, 0.4) is 0 Å². The van der Waals surface area contributed by atoms with Gasteiger partial charge in [0, 0.05) is 17.7 Å². The second-order valence-electron chi connectivity index (χ2n) is 3.62. The van der Waals surface area contributed by atoms with Crippen molar-refractivity contribution in [3.63, 3.8) is 0 Å². The zero-order valence-electron chi connectivity index (χ0n) is 7.36. The van der Waals surface area contributed by atoms with Gasteiger partial charge in [0.05, 0.1) is 6.10 Å². The molecule has 4 nitrogen and oxygen atoms in total. The zero-order valence-corrected chi connectivity index (χ0v) is 7.36. The number of aliphatic hydroxyl groups is 1. The minimum absolute atomic E-state index is 0.0799. The predicted octanol–water partition coefficient (Wildman–Crippen LogP) is -0.175. The summed E-state index contributed by atoms with van der Waals surface area (Å²) >= 11 is 0. The maximum absolute atomic E-state index is 11.4. The maximum Gasteiger partial charge on any atom is 0.256 e. The van der Waals surface area contributed by atoms with Crippen LogP contribution < -0.4 is 0 Å². The molecule has 2 amide bonds. The molecule has 1 aliphatic heterocycles. The van der Waals surface area contributed by atoms with Crippen molar-refractivity contribution in [1.82, 2.24) is 4.90 Å². The van der Waals surface area contributed by atoms with Gasteiger partial charge in [-0.2, -0.15) is 0 Å². The smallest absolute Gasteiger partial charge is 0.256 e. The largest absolute Gasteiger partial charge is 0.393 e.